The van der Waals surface area contributed by atoms with E-state index in [2.05, 4.69) is 17.6 Å². The van der Waals surface area contributed by atoms with E-state index in [-0.39, 0.29) is 12.1 Å². The van der Waals surface area contributed by atoms with Gasteiger partial charge in [0.1, 0.15) is 17.6 Å². The van der Waals surface area contributed by atoms with Crippen LogP contribution < -0.4 is 20.1 Å². The predicted molar refractivity (Wildman–Crippen MR) is 99.5 cm³/mol. The molecule has 1 aliphatic heterocycles. The van der Waals surface area contributed by atoms with Crippen molar-refractivity contribution in [2.45, 2.75) is 45.3 Å². The number of benzene rings is 1. The van der Waals surface area contributed by atoms with Gasteiger partial charge in [-0.15, -0.1) is 0 Å². The second-order valence-electron chi connectivity index (χ2n) is 7.03. The van der Waals surface area contributed by atoms with Crippen LogP contribution in [-0.2, 0) is 9.53 Å². The molecule has 1 heterocycles. The average molecular weight is 374 g/mol. The molecule has 0 unspecified atom stereocenters. The lowest BCUT2D eigenvalue weighted by Crippen LogP contribution is -2.45. The van der Waals surface area contributed by atoms with Crippen molar-refractivity contribution in [3.8, 4) is 11.5 Å². The van der Waals surface area contributed by atoms with Gasteiger partial charge in [-0.05, 0) is 50.3 Å². The minimum atomic E-state index is -0.687. The third-order valence-electron chi connectivity index (χ3n) is 5.28. The van der Waals surface area contributed by atoms with Gasteiger partial charge < -0.3 is 24.8 Å². The van der Waals surface area contributed by atoms with E-state index in [1.165, 1.54) is 0 Å². The molecule has 0 bridgehead atoms. The van der Waals surface area contributed by atoms with Gasteiger partial charge in [-0.25, -0.2) is 9.59 Å². The van der Waals surface area contributed by atoms with Crippen molar-refractivity contribution in [1.82, 2.24) is 10.6 Å². The monoisotopic (exact) mass is 374 g/mol. The summed E-state index contributed by atoms with van der Waals surface area (Å²) in [5, 5.41) is 5.48. The molecular formula is C20H26N2O5. The Bertz CT molecular complexity index is 774. The molecule has 1 fully saturated rings. The number of methoxy groups -OCH3 is 2. The molecular weight excluding hydrogens is 348 g/mol. The molecule has 2 amide bonds. The lowest BCUT2D eigenvalue weighted by atomic mass is 9.94. The van der Waals surface area contributed by atoms with Gasteiger partial charge in [-0.1, -0.05) is 6.92 Å². The summed E-state index contributed by atoms with van der Waals surface area (Å²) >= 11 is 0. The number of hydrogen-bond donors (Lipinski definition) is 2. The molecule has 0 spiro atoms. The number of esters is 1. The summed E-state index contributed by atoms with van der Waals surface area (Å²) in [7, 11) is 3.10. The van der Waals surface area contributed by atoms with Crippen molar-refractivity contribution >= 4 is 12.0 Å². The number of carbonyl (C=O) groups excluding carboxylic acids is 2. The maximum absolute atomic E-state index is 13.0. The molecule has 7 heteroatoms. The Morgan fingerprint density at radius 2 is 1.96 bits per heavy atom. The third kappa shape index (κ3) is 3.86. The first kappa shape index (κ1) is 19.1. The normalized spacial score (nSPS) is 24.9. The summed E-state index contributed by atoms with van der Waals surface area (Å²) in [6.45, 7) is 3.79. The number of rotatable bonds is 5. The highest BCUT2D eigenvalue weighted by molar-refractivity contribution is 5.95. The smallest absolute Gasteiger partial charge is 0.338 e. The lowest BCUT2D eigenvalue weighted by molar-refractivity contribution is -0.146. The highest BCUT2D eigenvalue weighted by Crippen LogP contribution is 2.37. The number of amides is 2. The van der Waals surface area contributed by atoms with Gasteiger partial charge in [0.15, 0.2) is 0 Å². The summed E-state index contributed by atoms with van der Waals surface area (Å²) in [6, 6.07) is 4.20. The van der Waals surface area contributed by atoms with Crippen molar-refractivity contribution in [2.75, 3.05) is 14.2 Å². The molecule has 7 nitrogen and oxygen atoms in total. The van der Waals surface area contributed by atoms with E-state index in [1.807, 2.05) is 0 Å². The van der Waals surface area contributed by atoms with Crippen LogP contribution in [0.25, 0.3) is 0 Å². The minimum absolute atomic E-state index is 0.0942. The van der Waals surface area contributed by atoms with Crippen molar-refractivity contribution in [1.29, 1.82) is 0 Å². The molecule has 0 radical (unpaired) electrons. The van der Waals surface area contributed by atoms with E-state index in [4.69, 9.17) is 14.2 Å². The van der Waals surface area contributed by atoms with E-state index in [1.54, 1.807) is 39.3 Å². The second-order valence-corrected chi connectivity index (χ2v) is 7.03. The first-order valence-electron chi connectivity index (χ1n) is 9.15. The van der Waals surface area contributed by atoms with Crippen molar-refractivity contribution in [3.63, 3.8) is 0 Å². The molecule has 0 aromatic heterocycles. The molecule has 2 aliphatic rings. The number of ether oxygens (including phenoxy) is 3. The molecule has 146 valence electrons. The van der Waals surface area contributed by atoms with E-state index in [9.17, 15) is 9.59 Å². The number of allylic oxidation sites excluding steroid dienone is 1. The van der Waals surface area contributed by atoms with E-state index >= 15 is 0 Å². The molecule has 1 saturated carbocycles. The Balaban J connectivity index is 1.98. The van der Waals surface area contributed by atoms with Crippen molar-refractivity contribution < 1.29 is 23.8 Å². The second kappa shape index (κ2) is 7.90. The first-order chi connectivity index (χ1) is 12.9. The quantitative estimate of drug-likeness (QED) is 0.774. The Hall–Kier alpha value is -2.70. The maximum Gasteiger partial charge on any atom is 0.338 e. The molecule has 3 rings (SSSR count). The van der Waals surface area contributed by atoms with Gasteiger partial charge >= 0.3 is 12.0 Å². The standard InChI is InChI=1S/C20H26N2O5/c1-11-6-5-7-15(11)27-19(23)17-12(2)21-20(24)22-18(17)14-10-13(25-3)8-9-16(14)26-4/h8-11,15,18H,5-7H2,1-4H3,(H2,21,22,24)/t11-,15+,18-/m0/s1. The molecule has 1 aliphatic carbocycles. The van der Waals surface area contributed by atoms with Gasteiger partial charge in [-0.3, -0.25) is 0 Å². The van der Waals surface area contributed by atoms with E-state index in [0.29, 0.717) is 34.3 Å². The summed E-state index contributed by atoms with van der Waals surface area (Å²) in [5.74, 6) is 1.07. The number of hydrogen-bond acceptors (Lipinski definition) is 5. The van der Waals surface area contributed by atoms with Crippen LogP contribution in [0.2, 0.25) is 0 Å². The van der Waals surface area contributed by atoms with Crippen LogP contribution in [-0.4, -0.2) is 32.3 Å². The van der Waals surface area contributed by atoms with Crippen LogP contribution in [0.5, 0.6) is 11.5 Å². The molecule has 0 saturated heterocycles. The highest BCUT2D eigenvalue weighted by atomic mass is 16.5. The molecule has 27 heavy (non-hydrogen) atoms. The van der Waals surface area contributed by atoms with Crippen LogP contribution in [0.4, 0.5) is 4.79 Å². The molecule has 1 aromatic carbocycles. The highest BCUT2D eigenvalue weighted by Gasteiger charge is 2.36. The number of carbonyl (C=O) groups is 2. The fourth-order valence-electron chi connectivity index (χ4n) is 3.75. The summed E-state index contributed by atoms with van der Waals surface area (Å²) in [5.41, 5.74) is 1.49. The average Bonchev–Trinajstić information content (AvgIpc) is 3.04. The third-order valence-corrected chi connectivity index (χ3v) is 5.28. The lowest BCUT2D eigenvalue weighted by Gasteiger charge is -2.30. The van der Waals surface area contributed by atoms with Crippen LogP contribution in [0, 0.1) is 5.92 Å². The van der Waals surface area contributed by atoms with Crippen LogP contribution >= 0.6 is 0 Å². The van der Waals surface area contributed by atoms with Gasteiger partial charge in [0.05, 0.1) is 25.8 Å². The summed E-state index contributed by atoms with van der Waals surface area (Å²) in [4.78, 5) is 25.1. The Morgan fingerprint density at radius 3 is 2.59 bits per heavy atom. The topological polar surface area (TPSA) is 85.9 Å². The van der Waals surface area contributed by atoms with E-state index < -0.39 is 12.0 Å². The Labute approximate surface area is 159 Å². The number of urea groups is 1. The first-order valence-corrected chi connectivity index (χ1v) is 9.15. The van der Waals surface area contributed by atoms with Crippen LogP contribution in [0.1, 0.15) is 44.7 Å². The SMILES string of the molecule is COc1ccc(OC)c([C@@H]2NC(=O)NC(C)=C2C(=O)O[C@@H]2CCC[C@@H]2C)c1. The Kier molecular flexibility index (Phi) is 5.58. The van der Waals surface area contributed by atoms with Crippen LogP contribution in [0.15, 0.2) is 29.5 Å². The summed E-state index contributed by atoms with van der Waals surface area (Å²) < 4.78 is 16.5. The van der Waals surface area contributed by atoms with Gasteiger partial charge in [0.25, 0.3) is 0 Å². The van der Waals surface area contributed by atoms with Gasteiger partial charge in [-0.2, -0.15) is 0 Å². The molecule has 2 N–H and O–H groups in total. The maximum atomic E-state index is 13.0. The van der Waals surface area contributed by atoms with Crippen molar-refractivity contribution in [3.05, 3.63) is 35.0 Å². The van der Waals surface area contributed by atoms with Gasteiger partial charge in [0.2, 0.25) is 0 Å². The zero-order chi connectivity index (χ0) is 19.6. The van der Waals surface area contributed by atoms with Crippen LogP contribution in [0.3, 0.4) is 0 Å². The minimum Gasteiger partial charge on any atom is -0.497 e. The predicted octanol–water partition coefficient (Wildman–Crippen LogP) is 3.06. The van der Waals surface area contributed by atoms with Crippen molar-refractivity contribution in [2.24, 2.45) is 5.92 Å². The van der Waals surface area contributed by atoms with Gasteiger partial charge in [0, 0.05) is 11.3 Å². The molecule has 1 aromatic rings. The number of nitrogens with one attached hydrogen (secondary N) is 2. The molecule has 3 atom stereocenters. The zero-order valence-electron chi connectivity index (χ0n) is 16.1. The Morgan fingerprint density at radius 1 is 1.19 bits per heavy atom. The van der Waals surface area contributed by atoms with E-state index in [0.717, 1.165) is 19.3 Å². The fourth-order valence-corrected chi connectivity index (χ4v) is 3.75. The zero-order valence-corrected chi connectivity index (χ0v) is 16.1. The fraction of sp³-hybridized carbons (Fsp3) is 0.500. The summed E-state index contributed by atoms with van der Waals surface area (Å²) in [6.07, 6.45) is 2.88. The largest absolute Gasteiger partial charge is 0.497 e.